The Morgan fingerprint density at radius 2 is 1.81 bits per heavy atom. The highest BCUT2D eigenvalue weighted by atomic mass is 16.5. The molecule has 0 atom stereocenters. The zero-order valence-corrected chi connectivity index (χ0v) is 14.7. The minimum absolute atomic E-state index is 0.0815. The van der Waals surface area contributed by atoms with E-state index in [0.29, 0.717) is 34.6 Å². The molecule has 2 heterocycles. The second-order valence-electron chi connectivity index (χ2n) is 6.23. The van der Waals surface area contributed by atoms with E-state index in [4.69, 9.17) is 9.15 Å². The van der Waals surface area contributed by atoms with Crippen LogP contribution in [-0.2, 0) is 6.54 Å². The van der Waals surface area contributed by atoms with Crippen LogP contribution in [0.25, 0.3) is 11.0 Å². The largest absolute Gasteiger partial charge is 0.497 e. The van der Waals surface area contributed by atoms with Gasteiger partial charge in [0.05, 0.1) is 19.2 Å². The molecule has 2 aromatic carbocycles. The fourth-order valence-electron chi connectivity index (χ4n) is 2.99. The Morgan fingerprint density at radius 1 is 1.04 bits per heavy atom. The molecule has 0 amide bonds. The molecule has 0 aliphatic rings. The molecule has 0 radical (unpaired) electrons. The molecule has 5 nitrogen and oxygen atoms in total. The van der Waals surface area contributed by atoms with E-state index in [1.54, 1.807) is 60.5 Å². The van der Waals surface area contributed by atoms with Crippen LogP contribution in [0.3, 0.4) is 0 Å². The molecule has 0 saturated heterocycles. The van der Waals surface area contributed by atoms with Crippen LogP contribution < -0.4 is 10.4 Å². The number of hydrogen-bond donors (Lipinski definition) is 0. The Kier molecular flexibility index (Phi) is 4.34. The third-order valence-electron chi connectivity index (χ3n) is 4.43. The standard InChI is InChI=1S/C22H17NO4/c1-26-19-8-6-15(7-9-19)21(24)17-10-11-23(13-17)14-18-12-16-4-2-3-5-20(16)27-22(18)25/h2-13H,14H2,1H3. The van der Waals surface area contributed by atoms with Gasteiger partial charge in [-0.1, -0.05) is 18.2 Å². The van der Waals surface area contributed by atoms with Crippen LogP contribution in [-0.4, -0.2) is 17.5 Å². The van der Waals surface area contributed by atoms with Crippen molar-refractivity contribution in [1.82, 2.24) is 4.57 Å². The monoisotopic (exact) mass is 359 g/mol. The highest BCUT2D eigenvalue weighted by Gasteiger charge is 2.12. The molecule has 0 aliphatic heterocycles. The molecule has 0 bridgehead atoms. The SMILES string of the molecule is COc1ccc(C(=O)c2ccn(Cc3cc4ccccc4oc3=O)c2)cc1. The fraction of sp³-hybridized carbons (Fsp3) is 0.0909. The highest BCUT2D eigenvalue weighted by Crippen LogP contribution is 2.17. The van der Waals surface area contributed by atoms with Gasteiger partial charge >= 0.3 is 5.63 Å². The second-order valence-corrected chi connectivity index (χ2v) is 6.23. The van der Waals surface area contributed by atoms with Gasteiger partial charge in [-0.3, -0.25) is 4.79 Å². The second kappa shape index (κ2) is 6.96. The van der Waals surface area contributed by atoms with Crippen LogP contribution in [0.5, 0.6) is 5.75 Å². The van der Waals surface area contributed by atoms with E-state index in [-0.39, 0.29) is 11.4 Å². The zero-order valence-electron chi connectivity index (χ0n) is 14.7. The summed E-state index contributed by atoms with van der Waals surface area (Å²) >= 11 is 0. The molecule has 134 valence electrons. The van der Waals surface area contributed by atoms with Crippen molar-refractivity contribution in [3.8, 4) is 5.75 Å². The molecular weight excluding hydrogens is 342 g/mol. The van der Waals surface area contributed by atoms with Crippen molar-refractivity contribution in [3.63, 3.8) is 0 Å². The van der Waals surface area contributed by atoms with Gasteiger partial charge in [-0.2, -0.15) is 0 Å². The zero-order chi connectivity index (χ0) is 18.8. The maximum atomic E-state index is 12.6. The summed E-state index contributed by atoms with van der Waals surface area (Å²) in [5.41, 5.74) is 1.87. The van der Waals surface area contributed by atoms with E-state index in [9.17, 15) is 9.59 Å². The van der Waals surface area contributed by atoms with Crippen molar-refractivity contribution in [2.45, 2.75) is 6.54 Å². The minimum Gasteiger partial charge on any atom is -0.497 e. The average Bonchev–Trinajstić information content (AvgIpc) is 3.16. The molecule has 4 aromatic rings. The summed E-state index contributed by atoms with van der Waals surface area (Å²) in [6.07, 6.45) is 3.52. The maximum Gasteiger partial charge on any atom is 0.341 e. The number of fused-ring (bicyclic) bond motifs is 1. The summed E-state index contributed by atoms with van der Waals surface area (Å²) in [6.45, 7) is 0.336. The lowest BCUT2D eigenvalue weighted by molar-refractivity contribution is 0.103. The molecule has 0 unspecified atom stereocenters. The lowest BCUT2D eigenvalue weighted by atomic mass is 10.1. The molecule has 27 heavy (non-hydrogen) atoms. The first-order valence-electron chi connectivity index (χ1n) is 8.50. The van der Waals surface area contributed by atoms with Gasteiger partial charge in [0.1, 0.15) is 11.3 Å². The van der Waals surface area contributed by atoms with E-state index in [0.717, 1.165) is 5.39 Å². The number of carbonyl (C=O) groups is 1. The number of carbonyl (C=O) groups excluding carboxylic acids is 1. The van der Waals surface area contributed by atoms with Crippen LogP contribution in [0.2, 0.25) is 0 Å². The Balaban J connectivity index is 1.58. The lowest BCUT2D eigenvalue weighted by Crippen LogP contribution is -2.11. The van der Waals surface area contributed by atoms with Crippen LogP contribution in [0.1, 0.15) is 21.5 Å². The predicted octanol–water partition coefficient (Wildman–Crippen LogP) is 3.88. The molecule has 2 aromatic heterocycles. The van der Waals surface area contributed by atoms with E-state index in [2.05, 4.69) is 0 Å². The van der Waals surface area contributed by atoms with Crippen molar-refractivity contribution in [3.05, 3.63) is 100 Å². The van der Waals surface area contributed by atoms with E-state index < -0.39 is 0 Å². The van der Waals surface area contributed by atoms with E-state index >= 15 is 0 Å². The number of benzene rings is 2. The molecular formula is C22H17NO4. The number of aromatic nitrogens is 1. The van der Waals surface area contributed by atoms with E-state index in [1.807, 2.05) is 24.3 Å². The van der Waals surface area contributed by atoms with Gasteiger partial charge in [-0.15, -0.1) is 0 Å². The quantitative estimate of drug-likeness (QED) is 0.401. The first-order valence-corrected chi connectivity index (χ1v) is 8.50. The van der Waals surface area contributed by atoms with Gasteiger partial charge in [0.2, 0.25) is 0 Å². The molecule has 0 N–H and O–H groups in total. The Labute approximate surface area is 155 Å². The van der Waals surface area contributed by atoms with Crippen LogP contribution in [0.4, 0.5) is 0 Å². The molecule has 0 aliphatic carbocycles. The Morgan fingerprint density at radius 3 is 2.59 bits per heavy atom. The average molecular weight is 359 g/mol. The first kappa shape index (κ1) is 16.8. The van der Waals surface area contributed by atoms with Gasteiger partial charge in [-0.05, 0) is 42.5 Å². The summed E-state index contributed by atoms with van der Waals surface area (Å²) in [5.74, 6) is 0.620. The third-order valence-corrected chi connectivity index (χ3v) is 4.43. The van der Waals surface area contributed by atoms with E-state index in [1.165, 1.54) is 0 Å². The summed E-state index contributed by atoms with van der Waals surface area (Å²) in [5, 5.41) is 0.869. The number of ether oxygens (including phenoxy) is 1. The smallest absolute Gasteiger partial charge is 0.341 e. The summed E-state index contributed by atoms with van der Waals surface area (Å²) in [6, 6.07) is 17.9. The first-order chi connectivity index (χ1) is 13.1. The van der Waals surface area contributed by atoms with Crippen LogP contribution in [0.15, 0.2) is 82.3 Å². The molecule has 0 fully saturated rings. The van der Waals surface area contributed by atoms with Gasteiger partial charge in [-0.25, -0.2) is 4.79 Å². The number of ketones is 1. The third kappa shape index (κ3) is 3.40. The number of nitrogens with zero attached hydrogens (tertiary/aromatic N) is 1. The number of methoxy groups -OCH3 is 1. The summed E-state index contributed by atoms with van der Waals surface area (Å²) in [7, 11) is 1.58. The number of rotatable bonds is 5. The Hall–Kier alpha value is -3.60. The molecule has 4 rings (SSSR count). The van der Waals surface area contributed by atoms with Gasteiger partial charge < -0.3 is 13.7 Å². The van der Waals surface area contributed by atoms with Crippen molar-refractivity contribution in [1.29, 1.82) is 0 Å². The molecule has 5 heteroatoms. The van der Waals surface area contributed by atoms with Gasteiger partial charge in [0.25, 0.3) is 0 Å². The normalized spacial score (nSPS) is 10.9. The van der Waals surface area contributed by atoms with Crippen LogP contribution >= 0.6 is 0 Å². The van der Waals surface area contributed by atoms with Crippen molar-refractivity contribution in [2.75, 3.05) is 7.11 Å². The topological polar surface area (TPSA) is 61.4 Å². The maximum absolute atomic E-state index is 12.6. The van der Waals surface area contributed by atoms with Crippen molar-refractivity contribution >= 4 is 16.8 Å². The summed E-state index contributed by atoms with van der Waals surface area (Å²) < 4.78 is 12.3. The van der Waals surface area contributed by atoms with Gasteiger partial charge in [0, 0.05) is 28.9 Å². The lowest BCUT2D eigenvalue weighted by Gasteiger charge is -2.04. The molecule has 0 saturated carbocycles. The number of hydrogen-bond acceptors (Lipinski definition) is 4. The summed E-state index contributed by atoms with van der Waals surface area (Å²) in [4.78, 5) is 24.8. The number of para-hydroxylation sites is 1. The minimum atomic E-state index is -0.370. The highest BCUT2D eigenvalue weighted by molar-refractivity contribution is 6.08. The molecule has 0 spiro atoms. The fourth-order valence-corrected chi connectivity index (χ4v) is 2.99. The van der Waals surface area contributed by atoms with Gasteiger partial charge in [0.15, 0.2) is 5.78 Å². The van der Waals surface area contributed by atoms with Crippen LogP contribution in [0, 0.1) is 0 Å². The van der Waals surface area contributed by atoms with Crippen molar-refractivity contribution < 1.29 is 13.9 Å². The van der Waals surface area contributed by atoms with Crippen molar-refractivity contribution in [2.24, 2.45) is 0 Å². The predicted molar refractivity (Wildman–Crippen MR) is 102 cm³/mol. The Bertz CT molecular complexity index is 1170.